The van der Waals surface area contributed by atoms with Crippen LogP contribution in [0.1, 0.15) is 36.9 Å². The molecular formula is C23H23NO. The molecule has 0 saturated carbocycles. The molecule has 0 bridgehead atoms. The van der Waals surface area contributed by atoms with Crippen LogP contribution in [0, 0.1) is 0 Å². The summed E-state index contributed by atoms with van der Waals surface area (Å²) in [5, 5.41) is 1.26. The third kappa shape index (κ3) is 2.89. The SMILES string of the molecule is C=C(c1ccc(OC)cc1)n1c(C2=CCCCC2)cc2ccccc21. The maximum Gasteiger partial charge on any atom is 0.118 e. The van der Waals surface area contributed by atoms with Crippen LogP contribution in [0.2, 0.25) is 0 Å². The van der Waals surface area contributed by atoms with Crippen molar-refractivity contribution in [2.75, 3.05) is 7.11 Å². The molecule has 1 aliphatic carbocycles. The zero-order chi connectivity index (χ0) is 17.2. The van der Waals surface area contributed by atoms with Crippen LogP contribution in [0.4, 0.5) is 0 Å². The zero-order valence-corrected chi connectivity index (χ0v) is 14.7. The second-order valence-electron chi connectivity index (χ2n) is 6.57. The monoisotopic (exact) mass is 329 g/mol. The first-order chi connectivity index (χ1) is 12.3. The summed E-state index contributed by atoms with van der Waals surface area (Å²) in [6, 6.07) is 19.0. The van der Waals surface area contributed by atoms with Gasteiger partial charge in [0.15, 0.2) is 0 Å². The van der Waals surface area contributed by atoms with Gasteiger partial charge in [-0.1, -0.05) is 30.9 Å². The van der Waals surface area contributed by atoms with Gasteiger partial charge in [0.05, 0.1) is 12.6 Å². The van der Waals surface area contributed by atoms with Crippen molar-refractivity contribution in [3.05, 3.63) is 78.5 Å². The van der Waals surface area contributed by atoms with E-state index in [1.807, 2.05) is 12.1 Å². The number of nitrogens with zero attached hydrogens (tertiary/aromatic N) is 1. The van der Waals surface area contributed by atoms with Crippen LogP contribution in [-0.2, 0) is 0 Å². The van der Waals surface area contributed by atoms with Crippen molar-refractivity contribution < 1.29 is 4.74 Å². The van der Waals surface area contributed by atoms with Crippen molar-refractivity contribution >= 4 is 22.2 Å². The van der Waals surface area contributed by atoms with E-state index in [1.54, 1.807) is 7.11 Å². The number of para-hydroxylation sites is 1. The Morgan fingerprint density at radius 1 is 1.04 bits per heavy atom. The van der Waals surface area contributed by atoms with Crippen molar-refractivity contribution in [3.8, 4) is 5.75 Å². The second-order valence-corrected chi connectivity index (χ2v) is 6.57. The maximum atomic E-state index is 5.28. The molecule has 0 radical (unpaired) electrons. The highest BCUT2D eigenvalue weighted by molar-refractivity contribution is 5.91. The highest BCUT2D eigenvalue weighted by atomic mass is 16.5. The lowest BCUT2D eigenvalue weighted by atomic mass is 9.97. The van der Waals surface area contributed by atoms with Crippen LogP contribution in [-0.4, -0.2) is 11.7 Å². The molecule has 3 aromatic rings. The van der Waals surface area contributed by atoms with Crippen molar-refractivity contribution in [1.82, 2.24) is 4.57 Å². The predicted molar refractivity (Wildman–Crippen MR) is 106 cm³/mol. The number of allylic oxidation sites excluding steroid dienone is 2. The lowest BCUT2D eigenvalue weighted by Gasteiger charge is -2.18. The molecule has 0 N–H and O–H groups in total. The molecule has 2 nitrogen and oxygen atoms in total. The van der Waals surface area contributed by atoms with Gasteiger partial charge in [-0.05, 0) is 73.2 Å². The molecule has 2 heteroatoms. The number of aromatic nitrogens is 1. The Balaban J connectivity index is 1.86. The van der Waals surface area contributed by atoms with Gasteiger partial charge in [-0.25, -0.2) is 0 Å². The number of hydrogen-bond donors (Lipinski definition) is 0. The molecule has 1 aliphatic rings. The minimum absolute atomic E-state index is 0.865. The van der Waals surface area contributed by atoms with E-state index in [0.29, 0.717) is 0 Å². The standard InChI is InChI=1S/C23H23NO/c1-17(18-12-14-21(25-2)15-13-18)24-22-11-7-6-10-20(22)16-23(24)19-8-4-3-5-9-19/h6-8,10-16H,1,3-5,9H2,2H3. The highest BCUT2D eigenvalue weighted by Gasteiger charge is 2.17. The summed E-state index contributed by atoms with van der Waals surface area (Å²) in [4.78, 5) is 0. The predicted octanol–water partition coefficient (Wildman–Crippen LogP) is 6.13. The van der Waals surface area contributed by atoms with Crippen LogP contribution in [0.25, 0.3) is 22.2 Å². The van der Waals surface area contributed by atoms with Gasteiger partial charge in [0.2, 0.25) is 0 Å². The number of hydrogen-bond acceptors (Lipinski definition) is 1. The Morgan fingerprint density at radius 2 is 1.84 bits per heavy atom. The Morgan fingerprint density at radius 3 is 2.56 bits per heavy atom. The molecule has 0 atom stereocenters. The molecule has 0 spiro atoms. The molecule has 0 amide bonds. The Labute approximate surface area is 149 Å². The van der Waals surface area contributed by atoms with Crippen LogP contribution in [0.3, 0.4) is 0 Å². The average Bonchev–Trinajstić information content (AvgIpc) is 3.08. The molecule has 2 aromatic carbocycles. The van der Waals surface area contributed by atoms with Gasteiger partial charge in [-0.15, -0.1) is 0 Å². The largest absolute Gasteiger partial charge is 0.497 e. The van der Waals surface area contributed by atoms with E-state index in [-0.39, 0.29) is 0 Å². The molecule has 4 rings (SSSR count). The second kappa shape index (κ2) is 6.64. The van der Waals surface area contributed by atoms with E-state index >= 15 is 0 Å². The molecule has 126 valence electrons. The highest BCUT2D eigenvalue weighted by Crippen LogP contribution is 2.35. The fraction of sp³-hybridized carbons (Fsp3) is 0.217. The van der Waals surface area contributed by atoms with E-state index < -0.39 is 0 Å². The lowest BCUT2D eigenvalue weighted by Crippen LogP contribution is -2.04. The molecular weight excluding hydrogens is 306 g/mol. The fourth-order valence-electron chi connectivity index (χ4n) is 3.67. The molecule has 1 heterocycles. The van der Waals surface area contributed by atoms with E-state index in [4.69, 9.17) is 4.74 Å². The molecule has 25 heavy (non-hydrogen) atoms. The third-order valence-corrected chi connectivity index (χ3v) is 5.02. The van der Waals surface area contributed by atoms with E-state index in [0.717, 1.165) is 23.4 Å². The average molecular weight is 329 g/mol. The Kier molecular flexibility index (Phi) is 4.19. The van der Waals surface area contributed by atoms with E-state index in [2.05, 4.69) is 59.7 Å². The summed E-state index contributed by atoms with van der Waals surface area (Å²) in [6.45, 7) is 4.42. The normalized spacial score (nSPS) is 14.4. The maximum absolute atomic E-state index is 5.28. The summed E-state index contributed by atoms with van der Waals surface area (Å²) in [7, 11) is 1.69. The van der Waals surface area contributed by atoms with Crippen molar-refractivity contribution in [2.45, 2.75) is 25.7 Å². The summed E-state index contributed by atoms with van der Waals surface area (Å²) in [5.74, 6) is 0.865. The lowest BCUT2D eigenvalue weighted by molar-refractivity contribution is 0.415. The summed E-state index contributed by atoms with van der Waals surface area (Å²) >= 11 is 0. The van der Waals surface area contributed by atoms with Crippen molar-refractivity contribution in [2.24, 2.45) is 0 Å². The van der Waals surface area contributed by atoms with Gasteiger partial charge < -0.3 is 9.30 Å². The van der Waals surface area contributed by atoms with Gasteiger partial charge in [-0.2, -0.15) is 0 Å². The van der Waals surface area contributed by atoms with Gasteiger partial charge in [0, 0.05) is 16.8 Å². The molecule has 0 fully saturated rings. The van der Waals surface area contributed by atoms with E-state index in [9.17, 15) is 0 Å². The Hall–Kier alpha value is -2.74. The summed E-state index contributed by atoms with van der Waals surface area (Å²) < 4.78 is 7.60. The topological polar surface area (TPSA) is 14.2 Å². The van der Waals surface area contributed by atoms with Crippen LogP contribution in [0.5, 0.6) is 5.75 Å². The van der Waals surface area contributed by atoms with Crippen LogP contribution in [0.15, 0.2) is 67.3 Å². The zero-order valence-electron chi connectivity index (χ0n) is 14.7. The smallest absolute Gasteiger partial charge is 0.118 e. The van der Waals surface area contributed by atoms with Crippen LogP contribution >= 0.6 is 0 Å². The van der Waals surface area contributed by atoms with Gasteiger partial charge in [0.25, 0.3) is 0 Å². The van der Waals surface area contributed by atoms with Crippen molar-refractivity contribution in [3.63, 3.8) is 0 Å². The molecule has 0 unspecified atom stereocenters. The number of fused-ring (bicyclic) bond motifs is 1. The van der Waals surface area contributed by atoms with Gasteiger partial charge in [0.1, 0.15) is 5.75 Å². The summed E-state index contributed by atoms with van der Waals surface area (Å²) in [5.41, 5.74) is 6.05. The first-order valence-corrected chi connectivity index (χ1v) is 8.91. The third-order valence-electron chi connectivity index (χ3n) is 5.02. The minimum atomic E-state index is 0.865. The number of methoxy groups -OCH3 is 1. The fourth-order valence-corrected chi connectivity index (χ4v) is 3.67. The first kappa shape index (κ1) is 15.8. The number of benzene rings is 2. The van der Waals surface area contributed by atoms with Crippen LogP contribution < -0.4 is 4.74 Å². The molecule has 1 aromatic heterocycles. The van der Waals surface area contributed by atoms with Gasteiger partial charge >= 0.3 is 0 Å². The number of rotatable bonds is 4. The first-order valence-electron chi connectivity index (χ1n) is 8.91. The van der Waals surface area contributed by atoms with E-state index in [1.165, 1.54) is 41.4 Å². The Bertz CT molecular complexity index is 944. The molecule has 0 saturated heterocycles. The summed E-state index contributed by atoms with van der Waals surface area (Å²) in [6.07, 6.45) is 7.28. The molecule has 0 aliphatic heterocycles. The van der Waals surface area contributed by atoms with Gasteiger partial charge in [-0.3, -0.25) is 0 Å². The quantitative estimate of drug-likeness (QED) is 0.562. The van der Waals surface area contributed by atoms with Crippen molar-refractivity contribution in [1.29, 1.82) is 0 Å². The minimum Gasteiger partial charge on any atom is -0.497 e. The number of ether oxygens (including phenoxy) is 1.